The number of carbonyl (C=O) groups excluding carboxylic acids is 1. The van der Waals surface area contributed by atoms with Gasteiger partial charge in [0, 0.05) is 0 Å². The first-order chi connectivity index (χ1) is 9.70. The molecule has 0 radical (unpaired) electrons. The largest absolute Gasteiger partial charge is 0.416 e. The lowest BCUT2D eigenvalue weighted by molar-refractivity contribution is -0.137. The van der Waals surface area contributed by atoms with Crippen LogP contribution in [0.5, 0.6) is 0 Å². The van der Waals surface area contributed by atoms with Gasteiger partial charge in [-0.1, -0.05) is 16.8 Å². The number of nitrogens with one attached hydrogen (secondary N) is 1. The van der Waals surface area contributed by atoms with Crippen LogP contribution in [0.25, 0.3) is 0 Å². The molecule has 1 N–H and O–H groups in total. The predicted molar refractivity (Wildman–Crippen MR) is 70.4 cm³/mol. The second-order valence-electron chi connectivity index (χ2n) is 4.35. The second-order valence-corrected chi connectivity index (χ2v) is 4.75. The van der Waals surface area contributed by atoms with Crippen molar-refractivity contribution in [3.8, 4) is 0 Å². The predicted octanol–water partition coefficient (Wildman–Crippen LogP) is 4.22. The number of hydrogen-bond donors (Lipinski definition) is 1. The number of amides is 1. The fourth-order valence-electron chi connectivity index (χ4n) is 1.78. The lowest BCUT2D eigenvalue weighted by atomic mass is 10.1. The normalized spacial score (nSPS) is 11.5. The van der Waals surface area contributed by atoms with Crippen molar-refractivity contribution in [2.45, 2.75) is 20.0 Å². The summed E-state index contributed by atoms with van der Waals surface area (Å²) in [6.45, 7) is 3.14. The SMILES string of the molecule is Cc1noc(C)c1C(=O)Nc1ccc(C(F)(F)F)cc1Cl. The Balaban J connectivity index is 2.27. The van der Waals surface area contributed by atoms with E-state index in [2.05, 4.69) is 10.5 Å². The summed E-state index contributed by atoms with van der Waals surface area (Å²) in [6, 6.07) is 2.70. The molecule has 0 aliphatic heterocycles. The minimum Gasteiger partial charge on any atom is -0.361 e. The summed E-state index contributed by atoms with van der Waals surface area (Å²) in [4.78, 5) is 12.1. The van der Waals surface area contributed by atoms with Gasteiger partial charge in [-0.05, 0) is 32.0 Å². The molecular weight excluding hydrogens is 309 g/mol. The maximum atomic E-state index is 12.5. The summed E-state index contributed by atoms with van der Waals surface area (Å²) in [6.07, 6.45) is -4.49. The van der Waals surface area contributed by atoms with E-state index in [1.165, 1.54) is 0 Å². The van der Waals surface area contributed by atoms with Crippen LogP contribution in [0, 0.1) is 13.8 Å². The van der Waals surface area contributed by atoms with Crippen LogP contribution in [0.3, 0.4) is 0 Å². The number of carbonyl (C=O) groups is 1. The van der Waals surface area contributed by atoms with Crippen LogP contribution in [-0.4, -0.2) is 11.1 Å². The van der Waals surface area contributed by atoms with Crippen molar-refractivity contribution in [1.29, 1.82) is 0 Å². The molecule has 1 heterocycles. The van der Waals surface area contributed by atoms with E-state index in [-0.39, 0.29) is 16.3 Å². The zero-order valence-electron chi connectivity index (χ0n) is 11.0. The van der Waals surface area contributed by atoms with Gasteiger partial charge in [0.1, 0.15) is 11.3 Å². The van der Waals surface area contributed by atoms with E-state index < -0.39 is 17.6 Å². The molecule has 2 aromatic rings. The van der Waals surface area contributed by atoms with Crippen molar-refractivity contribution in [3.05, 3.63) is 45.8 Å². The van der Waals surface area contributed by atoms with Gasteiger partial charge in [0.15, 0.2) is 0 Å². The van der Waals surface area contributed by atoms with E-state index in [9.17, 15) is 18.0 Å². The van der Waals surface area contributed by atoms with Crippen molar-refractivity contribution in [2.75, 3.05) is 5.32 Å². The van der Waals surface area contributed by atoms with Crippen molar-refractivity contribution in [3.63, 3.8) is 0 Å². The molecule has 2 rings (SSSR count). The topological polar surface area (TPSA) is 55.1 Å². The summed E-state index contributed by atoms with van der Waals surface area (Å²) >= 11 is 5.77. The number of aromatic nitrogens is 1. The molecule has 1 aromatic heterocycles. The Kier molecular flexibility index (Phi) is 3.95. The van der Waals surface area contributed by atoms with Gasteiger partial charge in [-0.15, -0.1) is 0 Å². The third kappa shape index (κ3) is 3.18. The average Bonchev–Trinajstić information content (AvgIpc) is 2.70. The van der Waals surface area contributed by atoms with Gasteiger partial charge in [-0.3, -0.25) is 4.79 Å². The zero-order valence-corrected chi connectivity index (χ0v) is 11.8. The molecule has 0 unspecified atom stereocenters. The maximum absolute atomic E-state index is 12.5. The van der Waals surface area contributed by atoms with Crippen LogP contribution in [0.1, 0.15) is 27.4 Å². The molecule has 0 bridgehead atoms. The van der Waals surface area contributed by atoms with Gasteiger partial charge in [0.2, 0.25) is 0 Å². The summed E-state index contributed by atoms with van der Waals surface area (Å²) in [5, 5.41) is 5.86. The smallest absolute Gasteiger partial charge is 0.361 e. The molecule has 0 saturated carbocycles. The Morgan fingerprint density at radius 1 is 1.33 bits per heavy atom. The molecule has 0 atom stereocenters. The monoisotopic (exact) mass is 318 g/mol. The molecule has 4 nitrogen and oxygen atoms in total. The molecule has 21 heavy (non-hydrogen) atoms. The van der Waals surface area contributed by atoms with E-state index in [4.69, 9.17) is 16.1 Å². The van der Waals surface area contributed by atoms with Gasteiger partial charge in [0.25, 0.3) is 5.91 Å². The minimum atomic E-state index is -4.49. The lowest BCUT2D eigenvalue weighted by Gasteiger charge is -2.11. The minimum absolute atomic E-state index is 0.0784. The number of aryl methyl sites for hydroxylation is 2. The Morgan fingerprint density at radius 3 is 2.48 bits per heavy atom. The van der Waals surface area contributed by atoms with Crippen LogP contribution in [0.2, 0.25) is 5.02 Å². The van der Waals surface area contributed by atoms with E-state index >= 15 is 0 Å². The molecule has 1 amide bonds. The third-order valence-corrected chi connectivity index (χ3v) is 3.12. The molecule has 8 heteroatoms. The number of rotatable bonds is 2. The number of anilines is 1. The van der Waals surface area contributed by atoms with Crippen LogP contribution in [-0.2, 0) is 6.18 Å². The van der Waals surface area contributed by atoms with Crippen LogP contribution in [0.15, 0.2) is 22.7 Å². The number of benzene rings is 1. The molecule has 112 valence electrons. The summed E-state index contributed by atoms with van der Waals surface area (Å²) in [7, 11) is 0. The van der Waals surface area contributed by atoms with Crippen LogP contribution >= 0.6 is 11.6 Å². The molecule has 0 saturated heterocycles. The average molecular weight is 319 g/mol. The fraction of sp³-hybridized carbons (Fsp3) is 0.231. The van der Waals surface area contributed by atoms with Gasteiger partial charge >= 0.3 is 6.18 Å². The Hall–Kier alpha value is -2.02. The third-order valence-electron chi connectivity index (χ3n) is 2.81. The lowest BCUT2D eigenvalue weighted by Crippen LogP contribution is -2.14. The van der Waals surface area contributed by atoms with Gasteiger partial charge < -0.3 is 9.84 Å². The van der Waals surface area contributed by atoms with Crippen LogP contribution < -0.4 is 5.32 Å². The van der Waals surface area contributed by atoms with Crippen molar-refractivity contribution in [2.24, 2.45) is 0 Å². The molecule has 0 fully saturated rings. The van der Waals surface area contributed by atoms with E-state index in [0.29, 0.717) is 11.5 Å². The first-order valence-electron chi connectivity index (χ1n) is 5.81. The quantitative estimate of drug-likeness (QED) is 0.902. The highest BCUT2D eigenvalue weighted by Gasteiger charge is 2.31. The summed E-state index contributed by atoms with van der Waals surface area (Å²) in [5.41, 5.74) is -0.198. The van der Waals surface area contributed by atoms with Crippen molar-refractivity contribution < 1.29 is 22.5 Å². The van der Waals surface area contributed by atoms with Crippen molar-refractivity contribution in [1.82, 2.24) is 5.16 Å². The van der Waals surface area contributed by atoms with Gasteiger partial charge in [-0.25, -0.2) is 0 Å². The van der Waals surface area contributed by atoms with Crippen molar-refractivity contribution >= 4 is 23.2 Å². The first-order valence-corrected chi connectivity index (χ1v) is 6.19. The zero-order chi connectivity index (χ0) is 15.8. The Bertz CT molecular complexity index is 676. The van der Waals surface area contributed by atoms with Crippen LogP contribution in [0.4, 0.5) is 18.9 Å². The highest BCUT2D eigenvalue weighted by atomic mass is 35.5. The molecule has 0 spiro atoms. The molecule has 0 aliphatic carbocycles. The Labute approximate surface area is 122 Å². The standard InChI is InChI=1S/C13H10ClF3N2O2/c1-6-11(7(2)21-19-6)12(20)18-10-4-3-8(5-9(10)14)13(15,16)17/h3-5H,1-2H3,(H,18,20). The summed E-state index contributed by atoms with van der Waals surface area (Å²) < 4.78 is 42.4. The van der Waals surface area contributed by atoms with E-state index in [0.717, 1.165) is 18.2 Å². The van der Waals surface area contributed by atoms with E-state index in [1.807, 2.05) is 0 Å². The molecule has 0 aliphatic rings. The molecular formula is C13H10ClF3N2O2. The van der Waals surface area contributed by atoms with Gasteiger partial charge in [-0.2, -0.15) is 13.2 Å². The number of alkyl halides is 3. The van der Waals surface area contributed by atoms with Gasteiger partial charge in [0.05, 0.1) is 22.0 Å². The fourth-order valence-corrected chi connectivity index (χ4v) is 2.01. The van der Waals surface area contributed by atoms with E-state index in [1.54, 1.807) is 13.8 Å². The number of hydrogen-bond acceptors (Lipinski definition) is 3. The Morgan fingerprint density at radius 2 is 2.00 bits per heavy atom. The first kappa shape index (κ1) is 15.4. The summed E-state index contributed by atoms with van der Waals surface area (Å²) in [5.74, 6) is -0.235. The maximum Gasteiger partial charge on any atom is 0.416 e. The number of halogens is 4. The highest BCUT2D eigenvalue weighted by molar-refractivity contribution is 6.34. The highest BCUT2D eigenvalue weighted by Crippen LogP contribution is 2.34. The second kappa shape index (κ2) is 5.40. The number of nitrogens with zero attached hydrogens (tertiary/aromatic N) is 1. The molecule has 1 aromatic carbocycles.